The Labute approximate surface area is 176 Å². The second kappa shape index (κ2) is 8.55. The number of thioether (sulfide) groups is 1. The van der Waals surface area contributed by atoms with E-state index in [9.17, 15) is 4.79 Å². The molecule has 4 rings (SSSR count). The Kier molecular flexibility index (Phi) is 5.69. The van der Waals surface area contributed by atoms with Gasteiger partial charge in [0, 0.05) is 10.6 Å². The molecule has 0 N–H and O–H groups in total. The number of hydrogen-bond donors (Lipinski definition) is 0. The Morgan fingerprint density at radius 1 is 1.14 bits per heavy atom. The van der Waals surface area contributed by atoms with E-state index in [2.05, 4.69) is 10.2 Å². The van der Waals surface area contributed by atoms with Crippen LogP contribution < -0.4 is 4.74 Å². The molecule has 8 heteroatoms. The summed E-state index contributed by atoms with van der Waals surface area (Å²) in [7, 11) is 1.57. The molecule has 0 saturated heterocycles. The van der Waals surface area contributed by atoms with Gasteiger partial charge >= 0.3 is 0 Å². The SMILES string of the molecule is COc1cccc(C(=O)CSc2nnc(-c3ccco3)n2-c2cccc(Cl)c2)c1. The highest BCUT2D eigenvalue weighted by Crippen LogP contribution is 2.29. The van der Waals surface area contributed by atoms with Crippen molar-refractivity contribution in [3.8, 4) is 23.0 Å². The normalized spacial score (nSPS) is 10.8. The molecule has 6 nitrogen and oxygen atoms in total. The van der Waals surface area contributed by atoms with Gasteiger partial charge in [-0.2, -0.15) is 0 Å². The molecule has 0 aliphatic rings. The Balaban J connectivity index is 1.64. The van der Waals surface area contributed by atoms with Gasteiger partial charge in [0.2, 0.25) is 5.82 Å². The van der Waals surface area contributed by atoms with E-state index in [1.54, 1.807) is 55.8 Å². The van der Waals surface area contributed by atoms with E-state index >= 15 is 0 Å². The Morgan fingerprint density at radius 3 is 2.76 bits per heavy atom. The van der Waals surface area contributed by atoms with E-state index in [-0.39, 0.29) is 11.5 Å². The fourth-order valence-electron chi connectivity index (χ4n) is 2.79. The second-order valence-corrected chi connectivity index (χ2v) is 7.42. The third-order valence-corrected chi connectivity index (χ3v) is 5.33. The molecule has 4 aromatic rings. The zero-order chi connectivity index (χ0) is 20.2. The summed E-state index contributed by atoms with van der Waals surface area (Å²) in [6.45, 7) is 0. The molecular weight excluding hydrogens is 410 g/mol. The minimum atomic E-state index is -0.0332. The third kappa shape index (κ3) is 4.21. The lowest BCUT2D eigenvalue weighted by molar-refractivity contribution is 0.102. The van der Waals surface area contributed by atoms with Gasteiger partial charge in [0.1, 0.15) is 5.75 Å². The van der Waals surface area contributed by atoms with E-state index in [1.165, 1.54) is 11.8 Å². The summed E-state index contributed by atoms with van der Waals surface area (Å²) in [5.41, 5.74) is 1.36. The average molecular weight is 426 g/mol. The number of ether oxygens (including phenoxy) is 1. The molecule has 29 heavy (non-hydrogen) atoms. The maximum atomic E-state index is 12.7. The van der Waals surface area contributed by atoms with Gasteiger partial charge in [-0.1, -0.05) is 41.6 Å². The average Bonchev–Trinajstić information content (AvgIpc) is 3.41. The van der Waals surface area contributed by atoms with Crippen molar-refractivity contribution in [1.29, 1.82) is 0 Å². The van der Waals surface area contributed by atoms with Crippen molar-refractivity contribution in [2.45, 2.75) is 5.16 Å². The van der Waals surface area contributed by atoms with Crippen molar-refractivity contribution in [1.82, 2.24) is 14.8 Å². The first kappa shape index (κ1) is 19.3. The summed E-state index contributed by atoms with van der Waals surface area (Å²) in [6, 6.07) is 18.0. The summed E-state index contributed by atoms with van der Waals surface area (Å²) in [5.74, 6) is 1.92. The molecule has 0 aliphatic carbocycles. The van der Waals surface area contributed by atoms with E-state index in [0.717, 1.165) is 5.69 Å². The topological polar surface area (TPSA) is 70.2 Å². The fraction of sp³-hybridized carbons (Fsp3) is 0.0952. The Bertz CT molecular complexity index is 1140. The zero-order valence-electron chi connectivity index (χ0n) is 15.4. The Morgan fingerprint density at radius 2 is 2.00 bits per heavy atom. The van der Waals surface area contributed by atoms with Crippen LogP contribution in [0.3, 0.4) is 0 Å². The molecular formula is C21H16ClN3O3S. The minimum absolute atomic E-state index is 0.0332. The maximum Gasteiger partial charge on any atom is 0.205 e. The van der Waals surface area contributed by atoms with Crippen LogP contribution in [0.2, 0.25) is 5.02 Å². The molecule has 0 bridgehead atoms. The summed E-state index contributed by atoms with van der Waals surface area (Å²) in [4.78, 5) is 12.7. The first-order valence-corrected chi connectivity index (χ1v) is 10.1. The van der Waals surface area contributed by atoms with Gasteiger partial charge < -0.3 is 9.15 Å². The summed E-state index contributed by atoms with van der Waals surface area (Å²) in [5, 5.41) is 9.69. The second-order valence-electron chi connectivity index (χ2n) is 6.04. The maximum absolute atomic E-state index is 12.7. The van der Waals surface area contributed by atoms with Gasteiger partial charge in [0.05, 0.1) is 24.8 Å². The third-order valence-electron chi connectivity index (χ3n) is 4.17. The Hall–Kier alpha value is -3.03. The van der Waals surface area contributed by atoms with Crippen LogP contribution >= 0.6 is 23.4 Å². The van der Waals surface area contributed by atoms with Crippen LogP contribution in [0.1, 0.15) is 10.4 Å². The van der Waals surface area contributed by atoms with E-state index in [1.807, 2.05) is 22.8 Å². The molecule has 0 radical (unpaired) electrons. The summed E-state index contributed by atoms with van der Waals surface area (Å²) >= 11 is 7.47. The smallest absolute Gasteiger partial charge is 0.205 e. The van der Waals surface area contributed by atoms with E-state index in [4.69, 9.17) is 20.8 Å². The highest BCUT2D eigenvalue weighted by Gasteiger charge is 2.19. The zero-order valence-corrected chi connectivity index (χ0v) is 17.0. The molecule has 0 fully saturated rings. The number of methoxy groups -OCH3 is 1. The molecule has 0 amide bonds. The molecule has 2 aromatic heterocycles. The lowest BCUT2D eigenvalue weighted by Crippen LogP contribution is -2.05. The van der Waals surface area contributed by atoms with Gasteiger partial charge in [0.25, 0.3) is 0 Å². The fourth-order valence-corrected chi connectivity index (χ4v) is 3.82. The van der Waals surface area contributed by atoms with Gasteiger partial charge in [-0.25, -0.2) is 0 Å². The molecule has 0 unspecified atom stereocenters. The quantitative estimate of drug-likeness (QED) is 0.300. The molecule has 0 spiro atoms. The number of nitrogens with zero attached hydrogens (tertiary/aromatic N) is 3. The monoisotopic (exact) mass is 425 g/mol. The van der Waals surface area contributed by atoms with Crippen LogP contribution in [-0.2, 0) is 0 Å². The van der Waals surface area contributed by atoms with E-state index < -0.39 is 0 Å². The van der Waals surface area contributed by atoms with Crippen LogP contribution in [0.5, 0.6) is 5.75 Å². The first-order valence-electron chi connectivity index (χ1n) is 8.71. The molecule has 146 valence electrons. The predicted octanol–water partition coefficient (Wildman–Crippen LogP) is 5.16. The van der Waals surface area contributed by atoms with Crippen LogP contribution in [0.15, 0.2) is 76.5 Å². The van der Waals surface area contributed by atoms with Gasteiger partial charge in [0.15, 0.2) is 16.7 Å². The van der Waals surface area contributed by atoms with Crippen molar-refractivity contribution in [2.24, 2.45) is 0 Å². The van der Waals surface area contributed by atoms with E-state index in [0.29, 0.717) is 33.1 Å². The molecule has 2 heterocycles. The van der Waals surface area contributed by atoms with Crippen LogP contribution in [0.25, 0.3) is 17.3 Å². The lowest BCUT2D eigenvalue weighted by Gasteiger charge is -2.09. The van der Waals surface area contributed by atoms with Crippen molar-refractivity contribution >= 4 is 29.1 Å². The number of carbonyl (C=O) groups excluding carboxylic acids is 1. The molecule has 0 atom stereocenters. The summed E-state index contributed by atoms with van der Waals surface area (Å²) in [6.07, 6.45) is 1.57. The van der Waals surface area contributed by atoms with Gasteiger partial charge in [-0.3, -0.25) is 9.36 Å². The number of Topliss-reactive ketones (excluding diaryl/α,β-unsaturated/α-hetero) is 1. The molecule has 2 aromatic carbocycles. The van der Waals surface area contributed by atoms with Crippen LogP contribution in [-0.4, -0.2) is 33.4 Å². The number of aromatic nitrogens is 3. The van der Waals surface area contributed by atoms with Gasteiger partial charge in [-0.05, 0) is 42.5 Å². The molecule has 0 aliphatic heterocycles. The summed E-state index contributed by atoms with van der Waals surface area (Å²) < 4.78 is 12.5. The number of benzene rings is 2. The van der Waals surface area contributed by atoms with Crippen molar-refractivity contribution < 1.29 is 13.9 Å². The van der Waals surface area contributed by atoms with Gasteiger partial charge in [-0.15, -0.1) is 10.2 Å². The van der Waals surface area contributed by atoms with Crippen molar-refractivity contribution in [2.75, 3.05) is 12.9 Å². The largest absolute Gasteiger partial charge is 0.497 e. The number of furan rings is 1. The first-order chi connectivity index (χ1) is 14.2. The number of halogens is 1. The lowest BCUT2D eigenvalue weighted by atomic mass is 10.1. The highest BCUT2D eigenvalue weighted by atomic mass is 35.5. The minimum Gasteiger partial charge on any atom is -0.497 e. The van der Waals surface area contributed by atoms with Crippen LogP contribution in [0.4, 0.5) is 0 Å². The number of hydrogen-bond acceptors (Lipinski definition) is 6. The number of ketones is 1. The highest BCUT2D eigenvalue weighted by molar-refractivity contribution is 7.99. The standard InChI is InChI=1S/C21H16ClN3O3S/c1-27-17-8-2-5-14(11-17)18(26)13-29-21-24-23-20(19-9-4-10-28-19)25(21)16-7-3-6-15(22)12-16/h2-12H,13H2,1H3. The predicted molar refractivity (Wildman–Crippen MR) is 112 cm³/mol. The van der Waals surface area contributed by atoms with Crippen LogP contribution in [0, 0.1) is 0 Å². The number of rotatable bonds is 7. The number of carbonyl (C=O) groups is 1. The molecule has 0 saturated carbocycles. The van der Waals surface area contributed by atoms with Crippen molar-refractivity contribution in [3.63, 3.8) is 0 Å². The van der Waals surface area contributed by atoms with Crippen molar-refractivity contribution in [3.05, 3.63) is 77.5 Å².